The van der Waals surface area contributed by atoms with E-state index in [1.165, 1.54) is 24.3 Å². The molecular weight excluding hydrogens is 360 g/mol. The van der Waals surface area contributed by atoms with Crippen molar-refractivity contribution in [2.45, 2.75) is 24.8 Å². The van der Waals surface area contributed by atoms with Gasteiger partial charge in [-0.3, -0.25) is 9.00 Å². The third kappa shape index (κ3) is 4.53. The number of hydrogen-bond acceptors (Lipinski definition) is 6. The Hall–Kier alpha value is -2.50. The van der Waals surface area contributed by atoms with Crippen LogP contribution in [-0.4, -0.2) is 27.9 Å². The van der Waals surface area contributed by atoms with Crippen molar-refractivity contribution in [3.8, 4) is 6.07 Å². The standard InChI is InChI=1S/C17H16N2O4S2/c1-3-25(22)14-7-5-4-6-13(14)17(21)23-11(2)15(20)19-16-12(10-18)8-9-24-16/h4-9,11H,3H2,1-2H3,(H,19,20)/t11-,25-/m0/s1. The summed E-state index contributed by atoms with van der Waals surface area (Å²) in [4.78, 5) is 24.9. The molecule has 25 heavy (non-hydrogen) atoms. The summed E-state index contributed by atoms with van der Waals surface area (Å²) in [6, 6.07) is 10.0. The van der Waals surface area contributed by atoms with E-state index in [0.717, 1.165) is 0 Å². The highest BCUT2D eigenvalue weighted by atomic mass is 32.2. The minimum absolute atomic E-state index is 0.177. The van der Waals surface area contributed by atoms with Gasteiger partial charge in [-0.05, 0) is 30.5 Å². The minimum atomic E-state index is -1.31. The Morgan fingerprint density at radius 3 is 2.76 bits per heavy atom. The molecule has 0 bridgehead atoms. The molecule has 0 radical (unpaired) electrons. The van der Waals surface area contributed by atoms with Crippen molar-refractivity contribution in [1.29, 1.82) is 5.26 Å². The second-order valence-electron chi connectivity index (χ2n) is 4.94. The number of esters is 1. The monoisotopic (exact) mass is 376 g/mol. The summed E-state index contributed by atoms with van der Waals surface area (Å²) < 4.78 is 17.2. The van der Waals surface area contributed by atoms with E-state index in [0.29, 0.717) is 21.2 Å². The van der Waals surface area contributed by atoms with E-state index in [1.54, 1.807) is 36.6 Å². The van der Waals surface area contributed by atoms with Crippen LogP contribution in [0.1, 0.15) is 29.8 Å². The van der Waals surface area contributed by atoms with Crippen LogP contribution < -0.4 is 5.32 Å². The van der Waals surface area contributed by atoms with Gasteiger partial charge in [0.1, 0.15) is 11.1 Å². The van der Waals surface area contributed by atoms with Crippen LogP contribution in [0, 0.1) is 11.3 Å². The van der Waals surface area contributed by atoms with Crippen molar-refractivity contribution in [2.75, 3.05) is 11.1 Å². The average Bonchev–Trinajstić information content (AvgIpc) is 3.07. The van der Waals surface area contributed by atoms with E-state index < -0.39 is 28.8 Å². The van der Waals surface area contributed by atoms with Crippen LogP contribution in [0.5, 0.6) is 0 Å². The number of nitrogens with one attached hydrogen (secondary N) is 1. The molecule has 1 aromatic carbocycles. The summed E-state index contributed by atoms with van der Waals surface area (Å²) in [7, 11) is -1.31. The largest absolute Gasteiger partial charge is 0.449 e. The van der Waals surface area contributed by atoms with Gasteiger partial charge in [-0.2, -0.15) is 5.26 Å². The van der Waals surface area contributed by atoms with E-state index in [2.05, 4.69) is 5.32 Å². The van der Waals surface area contributed by atoms with Crippen molar-refractivity contribution in [3.05, 3.63) is 46.8 Å². The molecule has 0 aliphatic heterocycles. The Kier molecular flexibility index (Phi) is 6.44. The second-order valence-corrected chi connectivity index (χ2v) is 7.57. The smallest absolute Gasteiger partial charge is 0.340 e. The van der Waals surface area contributed by atoms with Gasteiger partial charge in [0.05, 0.1) is 26.8 Å². The normalized spacial score (nSPS) is 12.7. The SMILES string of the molecule is CC[S@](=O)c1ccccc1C(=O)O[C@@H](C)C(=O)Nc1sccc1C#N. The van der Waals surface area contributed by atoms with Gasteiger partial charge in [-0.25, -0.2) is 4.79 Å². The third-order valence-corrected chi connectivity index (χ3v) is 5.49. The van der Waals surface area contributed by atoms with Gasteiger partial charge in [-0.15, -0.1) is 11.3 Å². The maximum Gasteiger partial charge on any atom is 0.340 e. The number of carbonyl (C=O) groups excluding carboxylic acids is 2. The Morgan fingerprint density at radius 2 is 2.08 bits per heavy atom. The highest BCUT2D eigenvalue weighted by Crippen LogP contribution is 2.22. The van der Waals surface area contributed by atoms with Crippen molar-refractivity contribution < 1.29 is 18.5 Å². The van der Waals surface area contributed by atoms with Crippen LogP contribution in [0.25, 0.3) is 0 Å². The van der Waals surface area contributed by atoms with Gasteiger partial charge in [0.15, 0.2) is 6.10 Å². The molecule has 8 heteroatoms. The van der Waals surface area contributed by atoms with Crippen LogP contribution in [0.3, 0.4) is 0 Å². The van der Waals surface area contributed by atoms with E-state index >= 15 is 0 Å². The highest BCUT2D eigenvalue weighted by molar-refractivity contribution is 7.85. The molecule has 1 aromatic heterocycles. The van der Waals surface area contributed by atoms with Crippen LogP contribution in [0.4, 0.5) is 5.00 Å². The first-order chi connectivity index (χ1) is 12.0. The lowest BCUT2D eigenvalue weighted by molar-refractivity contribution is -0.123. The number of nitrogens with zero attached hydrogens (tertiary/aromatic N) is 1. The Labute approximate surface area is 151 Å². The maximum atomic E-state index is 12.3. The van der Waals surface area contributed by atoms with Crippen LogP contribution >= 0.6 is 11.3 Å². The van der Waals surface area contributed by atoms with Gasteiger partial charge in [-0.1, -0.05) is 19.1 Å². The Bertz CT molecular complexity index is 854. The summed E-state index contributed by atoms with van der Waals surface area (Å²) in [6.45, 7) is 3.19. The van der Waals surface area contributed by atoms with Gasteiger partial charge < -0.3 is 10.1 Å². The number of thiophene rings is 1. The summed E-state index contributed by atoms with van der Waals surface area (Å²) in [5.74, 6) is -0.886. The molecular formula is C17H16N2O4S2. The molecule has 0 aliphatic carbocycles. The molecule has 1 heterocycles. The fourth-order valence-corrected chi connectivity index (χ4v) is 3.65. The first-order valence-corrected chi connectivity index (χ1v) is 9.64. The first kappa shape index (κ1) is 18.8. The third-order valence-electron chi connectivity index (χ3n) is 3.29. The van der Waals surface area contributed by atoms with E-state index in [4.69, 9.17) is 10.00 Å². The average molecular weight is 376 g/mol. The molecule has 2 rings (SSSR count). The molecule has 0 saturated heterocycles. The molecule has 130 valence electrons. The molecule has 0 spiro atoms. The lowest BCUT2D eigenvalue weighted by Gasteiger charge is -2.14. The molecule has 0 saturated carbocycles. The quantitative estimate of drug-likeness (QED) is 0.782. The molecule has 2 aromatic rings. The van der Waals surface area contributed by atoms with Crippen LogP contribution in [0.2, 0.25) is 0 Å². The fourth-order valence-electron chi connectivity index (χ4n) is 1.97. The minimum Gasteiger partial charge on any atom is -0.449 e. The lowest BCUT2D eigenvalue weighted by atomic mass is 10.2. The predicted molar refractivity (Wildman–Crippen MR) is 95.9 cm³/mol. The summed E-state index contributed by atoms with van der Waals surface area (Å²) in [6.07, 6.45) is -1.07. The van der Waals surface area contributed by atoms with Crippen molar-refractivity contribution in [2.24, 2.45) is 0 Å². The number of benzene rings is 1. The molecule has 6 nitrogen and oxygen atoms in total. The van der Waals surface area contributed by atoms with Gasteiger partial charge >= 0.3 is 5.97 Å². The first-order valence-electron chi connectivity index (χ1n) is 7.44. The molecule has 0 unspecified atom stereocenters. The van der Waals surface area contributed by atoms with Gasteiger partial charge in [0, 0.05) is 5.75 Å². The van der Waals surface area contributed by atoms with Crippen LogP contribution in [-0.2, 0) is 20.3 Å². The highest BCUT2D eigenvalue weighted by Gasteiger charge is 2.23. The summed E-state index contributed by atoms with van der Waals surface area (Å²) in [5.41, 5.74) is 0.525. The number of ether oxygens (including phenoxy) is 1. The van der Waals surface area contributed by atoms with Gasteiger partial charge in [0.25, 0.3) is 5.91 Å². The fraction of sp³-hybridized carbons (Fsp3) is 0.235. The lowest BCUT2D eigenvalue weighted by Crippen LogP contribution is -2.30. The molecule has 2 atom stereocenters. The number of anilines is 1. The number of hydrogen-bond donors (Lipinski definition) is 1. The van der Waals surface area contributed by atoms with Crippen molar-refractivity contribution in [1.82, 2.24) is 0 Å². The second kappa shape index (κ2) is 8.55. The Balaban J connectivity index is 2.09. The van der Waals surface area contributed by atoms with Crippen molar-refractivity contribution in [3.63, 3.8) is 0 Å². The zero-order valence-electron chi connectivity index (χ0n) is 13.6. The van der Waals surface area contributed by atoms with Crippen LogP contribution in [0.15, 0.2) is 40.6 Å². The number of nitriles is 1. The zero-order chi connectivity index (χ0) is 18.4. The molecule has 1 amide bonds. The molecule has 0 fully saturated rings. The number of rotatable bonds is 6. The topological polar surface area (TPSA) is 96.3 Å². The van der Waals surface area contributed by atoms with Gasteiger partial charge in [0.2, 0.25) is 0 Å². The number of amides is 1. The van der Waals surface area contributed by atoms with E-state index in [9.17, 15) is 13.8 Å². The number of carbonyl (C=O) groups is 2. The van der Waals surface area contributed by atoms with E-state index in [-0.39, 0.29) is 5.56 Å². The molecule has 0 aliphatic rings. The maximum absolute atomic E-state index is 12.3. The summed E-state index contributed by atoms with van der Waals surface area (Å²) in [5, 5.41) is 13.6. The Morgan fingerprint density at radius 1 is 1.36 bits per heavy atom. The van der Waals surface area contributed by atoms with Crippen molar-refractivity contribution >= 4 is 39.0 Å². The zero-order valence-corrected chi connectivity index (χ0v) is 15.3. The predicted octanol–water partition coefficient (Wildman–Crippen LogP) is 2.93. The molecule has 1 N–H and O–H groups in total. The summed E-state index contributed by atoms with van der Waals surface area (Å²) >= 11 is 1.21. The van der Waals surface area contributed by atoms with E-state index in [1.807, 2.05) is 6.07 Å².